The normalized spacial score (nSPS) is 20.1. The number of piperazine rings is 1. The van der Waals surface area contributed by atoms with Gasteiger partial charge in [-0.3, -0.25) is 9.69 Å². The molecule has 0 atom stereocenters. The Hall–Kier alpha value is -1.76. The van der Waals surface area contributed by atoms with Crippen LogP contribution >= 0.6 is 11.3 Å². The SMILES string of the molecule is NCc1nc(C(=O)N2CCN(Cc3ccccc3)C3(CCCCC3)C2)cs1. The van der Waals surface area contributed by atoms with E-state index >= 15 is 0 Å². The zero-order valence-corrected chi connectivity index (χ0v) is 16.6. The van der Waals surface area contributed by atoms with Gasteiger partial charge in [0.1, 0.15) is 10.7 Å². The zero-order chi connectivity index (χ0) is 18.7. The molecular formula is C21H28N4OS. The minimum absolute atomic E-state index is 0.0651. The van der Waals surface area contributed by atoms with Crippen molar-refractivity contribution < 1.29 is 4.79 Å². The van der Waals surface area contributed by atoms with Gasteiger partial charge in [0.25, 0.3) is 5.91 Å². The molecule has 2 aliphatic rings. The van der Waals surface area contributed by atoms with Crippen molar-refractivity contribution in [1.82, 2.24) is 14.8 Å². The molecule has 2 fully saturated rings. The first kappa shape index (κ1) is 18.6. The molecular weight excluding hydrogens is 356 g/mol. The summed E-state index contributed by atoms with van der Waals surface area (Å²) in [5, 5.41) is 2.68. The van der Waals surface area contributed by atoms with Crippen LogP contribution in [-0.4, -0.2) is 45.9 Å². The lowest BCUT2D eigenvalue weighted by Crippen LogP contribution is -2.63. The smallest absolute Gasteiger partial charge is 0.273 e. The predicted octanol–water partition coefficient (Wildman–Crippen LogP) is 3.26. The molecule has 5 nitrogen and oxygen atoms in total. The van der Waals surface area contributed by atoms with Gasteiger partial charge >= 0.3 is 0 Å². The summed E-state index contributed by atoms with van der Waals surface area (Å²) in [4.78, 5) is 22.1. The van der Waals surface area contributed by atoms with Crippen molar-refractivity contribution in [3.8, 4) is 0 Å². The van der Waals surface area contributed by atoms with E-state index in [0.717, 1.165) is 31.2 Å². The molecule has 4 rings (SSSR count). The summed E-state index contributed by atoms with van der Waals surface area (Å²) in [7, 11) is 0. The van der Waals surface area contributed by atoms with E-state index in [-0.39, 0.29) is 11.4 Å². The average Bonchev–Trinajstić information content (AvgIpc) is 3.20. The van der Waals surface area contributed by atoms with E-state index in [9.17, 15) is 4.79 Å². The summed E-state index contributed by atoms with van der Waals surface area (Å²) in [6, 6.07) is 10.7. The quantitative estimate of drug-likeness (QED) is 0.879. The van der Waals surface area contributed by atoms with Gasteiger partial charge in [-0.15, -0.1) is 11.3 Å². The molecule has 6 heteroatoms. The number of thiazole rings is 1. The van der Waals surface area contributed by atoms with Crippen molar-refractivity contribution in [1.29, 1.82) is 0 Å². The largest absolute Gasteiger partial charge is 0.334 e. The number of amides is 1. The third-order valence-electron chi connectivity index (χ3n) is 6.03. The third-order valence-corrected chi connectivity index (χ3v) is 6.90. The lowest BCUT2D eigenvalue weighted by Gasteiger charge is -2.53. The number of hydrogen-bond donors (Lipinski definition) is 1. The summed E-state index contributed by atoms with van der Waals surface area (Å²) in [6.07, 6.45) is 6.16. The van der Waals surface area contributed by atoms with Crippen LogP contribution in [0.15, 0.2) is 35.7 Å². The molecule has 0 unspecified atom stereocenters. The monoisotopic (exact) mass is 384 g/mol. The van der Waals surface area contributed by atoms with Crippen molar-refractivity contribution in [2.24, 2.45) is 5.73 Å². The van der Waals surface area contributed by atoms with Gasteiger partial charge in [0, 0.05) is 43.6 Å². The third kappa shape index (κ3) is 3.93. The van der Waals surface area contributed by atoms with Crippen LogP contribution in [0.2, 0.25) is 0 Å². The van der Waals surface area contributed by atoms with Crippen molar-refractivity contribution in [2.75, 3.05) is 19.6 Å². The number of aromatic nitrogens is 1. The second kappa shape index (κ2) is 8.09. The number of hydrogen-bond acceptors (Lipinski definition) is 5. The van der Waals surface area contributed by atoms with Gasteiger partial charge in [-0.1, -0.05) is 49.6 Å². The summed E-state index contributed by atoms with van der Waals surface area (Å²) in [5.74, 6) is 0.0651. The van der Waals surface area contributed by atoms with Gasteiger partial charge in [-0.2, -0.15) is 0 Å². The van der Waals surface area contributed by atoms with Crippen molar-refractivity contribution in [3.05, 3.63) is 52.0 Å². The van der Waals surface area contributed by atoms with E-state index in [0.29, 0.717) is 12.2 Å². The van der Waals surface area contributed by atoms with Gasteiger partial charge in [0.05, 0.1) is 0 Å². The van der Waals surface area contributed by atoms with Crippen molar-refractivity contribution in [3.63, 3.8) is 0 Å². The summed E-state index contributed by atoms with van der Waals surface area (Å²) in [5.41, 5.74) is 7.68. The number of carbonyl (C=O) groups excluding carboxylic acids is 1. The maximum atomic E-state index is 13.0. The Morgan fingerprint density at radius 1 is 1.15 bits per heavy atom. The fraction of sp³-hybridized carbons (Fsp3) is 0.524. The van der Waals surface area contributed by atoms with Gasteiger partial charge in [-0.25, -0.2) is 4.98 Å². The second-order valence-corrected chi connectivity index (χ2v) is 8.69. The Kier molecular flexibility index (Phi) is 5.57. The summed E-state index contributed by atoms with van der Waals surface area (Å²) < 4.78 is 0. The van der Waals surface area contributed by atoms with E-state index in [1.807, 2.05) is 10.3 Å². The number of benzene rings is 1. The molecule has 27 heavy (non-hydrogen) atoms. The highest BCUT2D eigenvalue weighted by Crippen LogP contribution is 2.38. The highest BCUT2D eigenvalue weighted by atomic mass is 32.1. The molecule has 1 amide bonds. The number of nitrogens with two attached hydrogens (primary N) is 1. The van der Waals surface area contributed by atoms with Crippen LogP contribution in [0.3, 0.4) is 0 Å². The van der Waals surface area contributed by atoms with Crippen LogP contribution in [0.25, 0.3) is 0 Å². The molecule has 1 saturated heterocycles. The van der Waals surface area contributed by atoms with Crippen LogP contribution < -0.4 is 5.73 Å². The molecule has 0 bridgehead atoms. The fourth-order valence-electron chi connectivity index (χ4n) is 4.59. The Morgan fingerprint density at radius 2 is 1.93 bits per heavy atom. The minimum Gasteiger partial charge on any atom is -0.334 e. The molecule has 1 aromatic heterocycles. The van der Waals surface area contributed by atoms with E-state index < -0.39 is 0 Å². The highest BCUT2D eigenvalue weighted by Gasteiger charge is 2.43. The minimum atomic E-state index is 0.0651. The first-order chi connectivity index (χ1) is 13.2. The predicted molar refractivity (Wildman–Crippen MR) is 109 cm³/mol. The molecule has 1 aliphatic heterocycles. The average molecular weight is 385 g/mol. The van der Waals surface area contributed by atoms with Gasteiger partial charge in [-0.05, 0) is 18.4 Å². The molecule has 1 aromatic carbocycles. The van der Waals surface area contributed by atoms with Gasteiger partial charge in [0.15, 0.2) is 0 Å². The fourth-order valence-corrected chi connectivity index (χ4v) is 5.23. The Labute approximate surface area is 165 Å². The van der Waals surface area contributed by atoms with Crippen LogP contribution in [0.4, 0.5) is 0 Å². The molecule has 2 aromatic rings. The first-order valence-corrected chi connectivity index (χ1v) is 10.8. The lowest BCUT2D eigenvalue weighted by atomic mass is 9.78. The topological polar surface area (TPSA) is 62.5 Å². The molecule has 1 spiro atoms. The number of carbonyl (C=O) groups is 1. The van der Waals surface area contributed by atoms with Crippen molar-refractivity contribution >= 4 is 17.2 Å². The standard InChI is InChI=1S/C21H28N4OS/c22-13-19-23-18(15-27-19)20(26)24-11-12-25(14-17-7-3-1-4-8-17)21(16-24)9-5-2-6-10-21/h1,3-4,7-8,15H,2,5-6,9-14,16,22H2. The molecule has 2 heterocycles. The number of nitrogens with zero attached hydrogens (tertiary/aromatic N) is 3. The Morgan fingerprint density at radius 3 is 2.63 bits per heavy atom. The van der Waals surface area contributed by atoms with Crippen LogP contribution in [-0.2, 0) is 13.1 Å². The highest BCUT2D eigenvalue weighted by molar-refractivity contribution is 7.09. The maximum Gasteiger partial charge on any atom is 0.273 e. The van der Waals surface area contributed by atoms with Crippen LogP contribution in [0, 0.1) is 0 Å². The zero-order valence-electron chi connectivity index (χ0n) is 15.8. The molecule has 1 saturated carbocycles. The van der Waals surface area contributed by atoms with Gasteiger partial charge < -0.3 is 10.6 Å². The van der Waals surface area contributed by atoms with Crippen LogP contribution in [0.5, 0.6) is 0 Å². The van der Waals surface area contributed by atoms with E-state index in [1.54, 1.807) is 0 Å². The van der Waals surface area contributed by atoms with Gasteiger partial charge in [0.2, 0.25) is 0 Å². The molecule has 2 N–H and O–H groups in total. The molecule has 0 radical (unpaired) electrons. The van der Waals surface area contributed by atoms with E-state index in [1.165, 1.54) is 49.0 Å². The second-order valence-electron chi connectivity index (χ2n) is 7.75. The Balaban J connectivity index is 1.53. The summed E-state index contributed by atoms with van der Waals surface area (Å²) in [6.45, 7) is 3.87. The number of rotatable bonds is 4. The molecule has 1 aliphatic carbocycles. The Bertz CT molecular complexity index is 769. The van der Waals surface area contributed by atoms with E-state index in [4.69, 9.17) is 5.73 Å². The maximum absolute atomic E-state index is 13.0. The van der Waals surface area contributed by atoms with E-state index in [2.05, 4.69) is 40.2 Å². The summed E-state index contributed by atoms with van der Waals surface area (Å²) >= 11 is 1.48. The molecule has 144 valence electrons. The van der Waals surface area contributed by atoms with Crippen LogP contribution in [0.1, 0.15) is 53.2 Å². The lowest BCUT2D eigenvalue weighted by molar-refractivity contribution is -0.0254. The van der Waals surface area contributed by atoms with Crippen molar-refractivity contribution in [2.45, 2.75) is 50.7 Å². The first-order valence-electron chi connectivity index (χ1n) is 9.93.